The van der Waals surface area contributed by atoms with Gasteiger partial charge >= 0.3 is 0 Å². The third-order valence-corrected chi connectivity index (χ3v) is 5.70. The summed E-state index contributed by atoms with van der Waals surface area (Å²) < 4.78 is 12.3. The van der Waals surface area contributed by atoms with Crippen molar-refractivity contribution in [2.24, 2.45) is 0 Å². The number of carbonyl (C=O) groups excluding carboxylic acids is 1. The highest BCUT2D eigenvalue weighted by Gasteiger charge is 2.17. The molecule has 1 N–H and O–H groups in total. The lowest BCUT2D eigenvalue weighted by Gasteiger charge is -2.08. The van der Waals surface area contributed by atoms with E-state index in [1.807, 2.05) is 6.07 Å². The lowest BCUT2D eigenvalue weighted by atomic mass is 10.1. The second kappa shape index (κ2) is 6.60. The maximum absolute atomic E-state index is 12.4. The molecule has 3 rings (SSSR count). The van der Waals surface area contributed by atoms with Gasteiger partial charge in [-0.05, 0) is 52.8 Å². The lowest BCUT2D eigenvalue weighted by Crippen LogP contribution is -2.13. The van der Waals surface area contributed by atoms with Crippen LogP contribution in [0.2, 0.25) is 5.02 Å². The largest absolute Gasteiger partial charge is 0.321 e. The predicted octanol–water partition coefficient (Wildman–Crippen LogP) is 3.95. The average Bonchev–Trinajstić information content (AvgIpc) is 2.89. The Labute approximate surface area is 151 Å². The van der Waals surface area contributed by atoms with Gasteiger partial charge < -0.3 is 5.32 Å². The summed E-state index contributed by atoms with van der Waals surface area (Å²) in [6.45, 7) is 0. The molecule has 0 bridgehead atoms. The number of nitriles is 1. The Balaban J connectivity index is 1.88. The number of fused-ring (bicyclic) bond motifs is 1. The molecule has 1 aliphatic heterocycles. The molecule has 124 valence electrons. The van der Waals surface area contributed by atoms with Crippen molar-refractivity contribution in [3.63, 3.8) is 0 Å². The van der Waals surface area contributed by atoms with Crippen LogP contribution >= 0.6 is 11.6 Å². The van der Waals surface area contributed by atoms with Gasteiger partial charge in [-0.15, -0.1) is 0 Å². The summed E-state index contributed by atoms with van der Waals surface area (Å²) in [5.74, 6) is 3.13. The maximum Gasteiger partial charge on any atom is 0.266 e. The summed E-state index contributed by atoms with van der Waals surface area (Å²) in [6, 6.07) is 13.9. The second-order valence-electron chi connectivity index (χ2n) is 5.43. The SMILES string of the molecule is C=S1(=O)C=Cc2ccc(NC(=O)/C(C#N)=C/c3ccccc3Cl)cc21. The molecule has 1 heterocycles. The quantitative estimate of drug-likeness (QED) is 0.506. The zero-order chi connectivity index (χ0) is 18.0. The van der Waals surface area contributed by atoms with Crippen molar-refractivity contribution in [3.05, 3.63) is 69.6 Å². The summed E-state index contributed by atoms with van der Waals surface area (Å²) in [6.07, 6.45) is 3.17. The van der Waals surface area contributed by atoms with E-state index in [1.54, 1.807) is 53.9 Å². The fraction of sp³-hybridized carbons (Fsp3) is 0. The number of anilines is 1. The molecule has 6 heteroatoms. The average molecular weight is 369 g/mol. The van der Waals surface area contributed by atoms with Crippen LogP contribution in [0.15, 0.2) is 58.3 Å². The van der Waals surface area contributed by atoms with E-state index in [9.17, 15) is 14.3 Å². The van der Waals surface area contributed by atoms with E-state index in [0.29, 0.717) is 21.2 Å². The van der Waals surface area contributed by atoms with Crippen LogP contribution in [-0.4, -0.2) is 16.0 Å². The Kier molecular flexibility index (Phi) is 4.49. The predicted molar refractivity (Wildman–Crippen MR) is 103 cm³/mol. The van der Waals surface area contributed by atoms with Gasteiger partial charge in [0.25, 0.3) is 5.91 Å². The minimum Gasteiger partial charge on any atom is -0.321 e. The number of amides is 1. The van der Waals surface area contributed by atoms with Crippen LogP contribution in [0.5, 0.6) is 0 Å². The molecule has 1 atom stereocenters. The summed E-state index contributed by atoms with van der Waals surface area (Å²) in [5, 5.41) is 13.9. The van der Waals surface area contributed by atoms with Crippen molar-refractivity contribution in [1.82, 2.24) is 0 Å². The first-order valence-corrected chi connectivity index (χ1v) is 9.44. The topological polar surface area (TPSA) is 70.0 Å². The van der Waals surface area contributed by atoms with E-state index in [0.717, 1.165) is 5.56 Å². The molecule has 0 radical (unpaired) electrons. The Morgan fingerprint density at radius 1 is 1.28 bits per heavy atom. The lowest BCUT2D eigenvalue weighted by molar-refractivity contribution is -0.112. The molecule has 0 aliphatic carbocycles. The number of rotatable bonds is 3. The highest BCUT2D eigenvalue weighted by Crippen LogP contribution is 2.29. The van der Waals surface area contributed by atoms with Gasteiger partial charge in [-0.2, -0.15) is 5.26 Å². The van der Waals surface area contributed by atoms with Crippen molar-refractivity contribution >= 4 is 50.7 Å². The first-order chi connectivity index (χ1) is 11.9. The molecule has 2 aromatic carbocycles. The molecular formula is C19H13ClN2O2S. The van der Waals surface area contributed by atoms with Crippen LogP contribution < -0.4 is 5.32 Å². The summed E-state index contributed by atoms with van der Waals surface area (Å²) in [5.41, 5.74) is 1.76. The standard InChI is InChI=1S/C19H13ClN2O2S/c1-25(24)9-8-13-6-7-16(11-18(13)25)22-19(23)15(12-21)10-14-4-2-3-5-17(14)20/h2-11H,1H2,(H,22,23)/b15-10+. The molecule has 0 spiro atoms. The molecule has 1 unspecified atom stereocenters. The highest BCUT2D eigenvalue weighted by molar-refractivity contribution is 8.03. The molecule has 0 fully saturated rings. The van der Waals surface area contributed by atoms with Crippen LogP contribution in [0.25, 0.3) is 12.2 Å². The molecule has 1 amide bonds. The normalized spacial score (nSPS) is 18.5. The van der Waals surface area contributed by atoms with Crippen LogP contribution in [-0.2, 0) is 14.3 Å². The van der Waals surface area contributed by atoms with E-state index in [1.165, 1.54) is 6.08 Å². The van der Waals surface area contributed by atoms with E-state index in [2.05, 4.69) is 11.2 Å². The van der Waals surface area contributed by atoms with Gasteiger partial charge in [0.15, 0.2) is 0 Å². The van der Waals surface area contributed by atoms with Crippen LogP contribution in [0.1, 0.15) is 11.1 Å². The highest BCUT2D eigenvalue weighted by atomic mass is 35.5. The van der Waals surface area contributed by atoms with E-state index in [-0.39, 0.29) is 5.57 Å². The molecule has 25 heavy (non-hydrogen) atoms. The van der Waals surface area contributed by atoms with Crippen molar-refractivity contribution in [1.29, 1.82) is 5.26 Å². The van der Waals surface area contributed by atoms with Crippen LogP contribution in [0, 0.1) is 11.3 Å². The monoisotopic (exact) mass is 368 g/mol. The Hall–Kier alpha value is -2.81. The molecule has 2 aromatic rings. The Morgan fingerprint density at radius 3 is 2.76 bits per heavy atom. The number of halogens is 1. The summed E-state index contributed by atoms with van der Waals surface area (Å²) in [7, 11) is -2.47. The fourth-order valence-corrected chi connectivity index (χ4v) is 3.97. The number of nitrogens with zero attached hydrogens (tertiary/aromatic N) is 1. The van der Waals surface area contributed by atoms with Gasteiger partial charge in [0.1, 0.15) is 11.6 Å². The molecular weight excluding hydrogens is 356 g/mol. The molecule has 1 aliphatic rings. The van der Waals surface area contributed by atoms with Crippen LogP contribution in [0.4, 0.5) is 5.69 Å². The van der Waals surface area contributed by atoms with E-state index >= 15 is 0 Å². The van der Waals surface area contributed by atoms with Gasteiger partial charge in [-0.3, -0.25) is 9.00 Å². The molecule has 0 aromatic heterocycles. The van der Waals surface area contributed by atoms with Crippen molar-refractivity contribution in [3.8, 4) is 6.07 Å². The van der Waals surface area contributed by atoms with Crippen LogP contribution in [0.3, 0.4) is 0 Å². The number of hydrogen-bond acceptors (Lipinski definition) is 3. The Bertz CT molecular complexity index is 1080. The second-order valence-corrected chi connectivity index (χ2v) is 8.00. The maximum atomic E-state index is 12.4. The van der Waals surface area contributed by atoms with Gasteiger partial charge in [0.2, 0.25) is 0 Å². The molecule has 0 saturated heterocycles. The zero-order valence-corrected chi connectivity index (χ0v) is 14.6. The summed E-state index contributed by atoms with van der Waals surface area (Å²) in [4.78, 5) is 12.9. The van der Waals surface area contributed by atoms with Gasteiger partial charge in [0, 0.05) is 25.1 Å². The zero-order valence-electron chi connectivity index (χ0n) is 13.0. The number of hydrogen-bond donors (Lipinski definition) is 1. The first-order valence-electron chi connectivity index (χ1n) is 7.28. The van der Waals surface area contributed by atoms with E-state index in [4.69, 9.17) is 11.6 Å². The van der Waals surface area contributed by atoms with Crippen molar-refractivity contribution in [2.75, 3.05) is 5.32 Å². The Morgan fingerprint density at radius 2 is 2.04 bits per heavy atom. The minimum atomic E-state index is -2.47. The number of carbonyl (C=O) groups is 1. The van der Waals surface area contributed by atoms with Gasteiger partial charge in [-0.25, -0.2) is 0 Å². The van der Waals surface area contributed by atoms with Crippen molar-refractivity contribution in [2.45, 2.75) is 4.90 Å². The van der Waals surface area contributed by atoms with E-state index < -0.39 is 15.4 Å². The molecule has 0 saturated carbocycles. The number of benzene rings is 2. The van der Waals surface area contributed by atoms with Gasteiger partial charge in [0.05, 0.1) is 0 Å². The van der Waals surface area contributed by atoms with Gasteiger partial charge in [-0.1, -0.05) is 35.9 Å². The molecule has 4 nitrogen and oxygen atoms in total. The minimum absolute atomic E-state index is 0.0814. The third-order valence-electron chi connectivity index (χ3n) is 3.68. The smallest absolute Gasteiger partial charge is 0.266 e. The van der Waals surface area contributed by atoms with Crippen molar-refractivity contribution < 1.29 is 9.00 Å². The first kappa shape index (κ1) is 17.0. The fourth-order valence-electron chi connectivity index (χ4n) is 2.40. The summed E-state index contributed by atoms with van der Waals surface area (Å²) >= 11 is 6.05. The number of nitrogens with one attached hydrogen (secondary N) is 1. The third kappa shape index (κ3) is 3.50.